The van der Waals surface area contributed by atoms with Crippen LogP contribution in [-0.4, -0.2) is 47.9 Å². The molecule has 0 bridgehead atoms. The third-order valence-electron chi connectivity index (χ3n) is 2.49. The summed E-state index contributed by atoms with van der Waals surface area (Å²) in [6, 6.07) is 2.03. The maximum Gasteiger partial charge on any atom is 0.236 e. The van der Waals surface area contributed by atoms with Gasteiger partial charge in [0.25, 0.3) is 0 Å². The Hall–Kier alpha value is -1.45. The van der Waals surface area contributed by atoms with Gasteiger partial charge < -0.3 is 4.90 Å². The number of nitriles is 1. The SMILES string of the molecule is Cc1nc(CN(C)CC(=O)N(C)CCC#N)cs1. The fourth-order valence-electron chi connectivity index (χ4n) is 1.51. The van der Waals surface area contributed by atoms with E-state index in [1.807, 2.05) is 30.3 Å². The van der Waals surface area contributed by atoms with Crippen LogP contribution in [0.15, 0.2) is 5.38 Å². The molecule has 0 aliphatic heterocycles. The second kappa shape index (κ2) is 7.09. The van der Waals surface area contributed by atoms with E-state index < -0.39 is 0 Å². The van der Waals surface area contributed by atoms with Gasteiger partial charge in [-0.05, 0) is 14.0 Å². The molecule has 0 saturated heterocycles. The van der Waals surface area contributed by atoms with Crippen molar-refractivity contribution in [3.63, 3.8) is 0 Å². The predicted molar refractivity (Wildman–Crippen MR) is 71.1 cm³/mol. The van der Waals surface area contributed by atoms with Crippen molar-refractivity contribution in [2.45, 2.75) is 19.9 Å². The van der Waals surface area contributed by atoms with Gasteiger partial charge in [0.05, 0.1) is 29.7 Å². The first-order chi connectivity index (χ1) is 8.52. The van der Waals surface area contributed by atoms with Crippen LogP contribution in [0.1, 0.15) is 17.1 Å². The highest BCUT2D eigenvalue weighted by Gasteiger charge is 2.12. The van der Waals surface area contributed by atoms with E-state index >= 15 is 0 Å². The molecule has 1 aromatic heterocycles. The number of likely N-dealkylation sites (N-methyl/N-ethyl adjacent to an activating group) is 2. The average Bonchev–Trinajstić information content (AvgIpc) is 2.71. The normalized spacial score (nSPS) is 10.4. The van der Waals surface area contributed by atoms with E-state index in [1.165, 1.54) is 0 Å². The van der Waals surface area contributed by atoms with Gasteiger partial charge in [0.1, 0.15) is 0 Å². The molecule has 1 heterocycles. The predicted octanol–water partition coefficient (Wildman–Crippen LogP) is 1.26. The highest BCUT2D eigenvalue weighted by atomic mass is 32.1. The summed E-state index contributed by atoms with van der Waals surface area (Å²) in [6.45, 7) is 3.47. The quantitative estimate of drug-likeness (QED) is 0.777. The fraction of sp³-hybridized carbons (Fsp3) is 0.583. The second-order valence-corrected chi connectivity index (χ2v) is 5.32. The highest BCUT2D eigenvalue weighted by Crippen LogP contribution is 2.09. The topological polar surface area (TPSA) is 60.2 Å². The molecule has 0 aromatic carbocycles. The van der Waals surface area contributed by atoms with Crippen molar-refractivity contribution >= 4 is 17.2 Å². The number of hydrogen-bond acceptors (Lipinski definition) is 5. The van der Waals surface area contributed by atoms with Crippen LogP contribution >= 0.6 is 11.3 Å². The van der Waals surface area contributed by atoms with Crippen molar-refractivity contribution in [1.82, 2.24) is 14.8 Å². The Morgan fingerprint density at radius 3 is 2.83 bits per heavy atom. The van der Waals surface area contributed by atoms with Gasteiger partial charge in [0.2, 0.25) is 5.91 Å². The number of rotatable bonds is 6. The van der Waals surface area contributed by atoms with E-state index in [1.54, 1.807) is 23.3 Å². The lowest BCUT2D eigenvalue weighted by Gasteiger charge is -2.20. The standard InChI is InChI=1S/C12H18N4OS/c1-10-14-11(9-18-10)7-15(2)8-12(17)16(3)6-4-5-13/h9H,4,6-8H2,1-3H3. The summed E-state index contributed by atoms with van der Waals surface area (Å²) in [5, 5.41) is 11.5. The number of aromatic nitrogens is 1. The van der Waals surface area contributed by atoms with Crippen molar-refractivity contribution in [3.05, 3.63) is 16.1 Å². The van der Waals surface area contributed by atoms with Gasteiger partial charge in [-0.25, -0.2) is 4.98 Å². The molecular formula is C12H18N4OS. The molecule has 0 radical (unpaired) electrons. The number of nitrogens with zero attached hydrogens (tertiary/aromatic N) is 4. The molecule has 1 amide bonds. The Labute approximate surface area is 112 Å². The number of carbonyl (C=O) groups excluding carboxylic acids is 1. The van der Waals surface area contributed by atoms with Crippen molar-refractivity contribution in [2.24, 2.45) is 0 Å². The van der Waals surface area contributed by atoms with E-state index in [4.69, 9.17) is 5.26 Å². The third kappa shape index (κ3) is 4.82. The lowest BCUT2D eigenvalue weighted by Crippen LogP contribution is -2.36. The van der Waals surface area contributed by atoms with Gasteiger partial charge in [-0.2, -0.15) is 5.26 Å². The minimum atomic E-state index is 0.0275. The maximum atomic E-state index is 11.8. The second-order valence-electron chi connectivity index (χ2n) is 4.25. The molecule has 6 heteroatoms. The Morgan fingerprint density at radius 1 is 1.56 bits per heavy atom. The monoisotopic (exact) mass is 266 g/mol. The van der Waals surface area contributed by atoms with E-state index in [0.717, 1.165) is 10.7 Å². The van der Waals surface area contributed by atoms with Crippen LogP contribution in [0.25, 0.3) is 0 Å². The molecule has 18 heavy (non-hydrogen) atoms. The molecule has 5 nitrogen and oxygen atoms in total. The summed E-state index contributed by atoms with van der Waals surface area (Å²) < 4.78 is 0. The molecule has 0 aliphatic carbocycles. The van der Waals surface area contributed by atoms with Crippen LogP contribution < -0.4 is 0 Å². The highest BCUT2D eigenvalue weighted by molar-refractivity contribution is 7.09. The molecule has 0 N–H and O–H groups in total. The van der Waals surface area contributed by atoms with Crippen molar-refractivity contribution in [2.75, 3.05) is 27.2 Å². The zero-order valence-corrected chi connectivity index (χ0v) is 11.8. The summed E-state index contributed by atoms with van der Waals surface area (Å²) in [7, 11) is 3.62. The molecule has 0 atom stereocenters. The van der Waals surface area contributed by atoms with Crippen LogP contribution in [0.5, 0.6) is 0 Å². The summed E-state index contributed by atoms with van der Waals surface area (Å²) in [5.41, 5.74) is 0.993. The number of thiazole rings is 1. The largest absolute Gasteiger partial charge is 0.344 e. The van der Waals surface area contributed by atoms with E-state index in [0.29, 0.717) is 26.1 Å². The number of carbonyl (C=O) groups is 1. The maximum absolute atomic E-state index is 11.8. The summed E-state index contributed by atoms with van der Waals surface area (Å²) in [5.74, 6) is 0.0275. The van der Waals surface area contributed by atoms with Crippen molar-refractivity contribution in [3.8, 4) is 6.07 Å². The zero-order chi connectivity index (χ0) is 13.5. The lowest BCUT2D eigenvalue weighted by atomic mass is 10.3. The van der Waals surface area contributed by atoms with E-state index in [9.17, 15) is 4.79 Å². The van der Waals surface area contributed by atoms with Crippen LogP contribution in [-0.2, 0) is 11.3 Å². The van der Waals surface area contributed by atoms with Gasteiger partial charge in [0, 0.05) is 25.5 Å². The van der Waals surface area contributed by atoms with Gasteiger partial charge in [0.15, 0.2) is 0 Å². The first kappa shape index (κ1) is 14.6. The number of aryl methyl sites for hydroxylation is 1. The first-order valence-electron chi connectivity index (χ1n) is 5.73. The molecule has 1 aromatic rings. The van der Waals surface area contributed by atoms with Crippen molar-refractivity contribution in [1.29, 1.82) is 5.26 Å². The Morgan fingerprint density at radius 2 is 2.28 bits per heavy atom. The molecular weight excluding hydrogens is 248 g/mol. The van der Waals surface area contributed by atoms with Gasteiger partial charge in [-0.3, -0.25) is 9.69 Å². The molecule has 1 rings (SSSR count). The van der Waals surface area contributed by atoms with Crippen LogP contribution in [0.3, 0.4) is 0 Å². The molecule has 0 fully saturated rings. The number of amides is 1. The van der Waals surface area contributed by atoms with Gasteiger partial charge >= 0.3 is 0 Å². The Balaban J connectivity index is 2.37. The average molecular weight is 266 g/mol. The molecule has 0 saturated carbocycles. The zero-order valence-electron chi connectivity index (χ0n) is 11.0. The van der Waals surface area contributed by atoms with Gasteiger partial charge in [-0.1, -0.05) is 0 Å². The molecule has 0 aliphatic rings. The van der Waals surface area contributed by atoms with E-state index in [-0.39, 0.29) is 5.91 Å². The molecule has 0 unspecified atom stereocenters. The van der Waals surface area contributed by atoms with Crippen LogP contribution in [0, 0.1) is 18.3 Å². The summed E-state index contributed by atoms with van der Waals surface area (Å²) in [6.07, 6.45) is 0.372. The van der Waals surface area contributed by atoms with Crippen molar-refractivity contribution < 1.29 is 4.79 Å². The summed E-state index contributed by atoms with van der Waals surface area (Å²) >= 11 is 1.61. The Bertz CT molecular complexity index is 438. The van der Waals surface area contributed by atoms with Crippen LogP contribution in [0.2, 0.25) is 0 Å². The third-order valence-corrected chi connectivity index (χ3v) is 3.31. The number of hydrogen-bond donors (Lipinski definition) is 0. The van der Waals surface area contributed by atoms with E-state index in [2.05, 4.69) is 4.98 Å². The minimum Gasteiger partial charge on any atom is -0.344 e. The van der Waals surface area contributed by atoms with Crippen LogP contribution in [0.4, 0.5) is 0 Å². The van der Waals surface area contributed by atoms with Gasteiger partial charge in [-0.15, -0.1) is 11.3 Å². The smallest absolute Gasteiger partial charge is 0.236 e. The Kier molecular flexibility index (Phi) is 5.75. The lowest BCUT2D eigenvalue weighted by molar-refractivity contribution is -0.130. The minimum absolute atomic E-state index is 0.0275. The molecule has 0 spiro atoms. The molecule has 98 valence electrons. The first-order valence-corrected chi connectivity index (χ1v) is 6.61. The fourth-order valence-corrected chi connectivity index (χ4v) is 2.11. The summed E-state index contributed by atoms with van der Waals surface area (Å²) in [4.78, 5) is 19.7.